The van der Waals surface area contributed by atoms with E-state index in [0.29, 0.717) is 25.3 Å². The van der Waals surface area contributed by atoms with Crippen LogP contribution in [0.25, 0.3) is 0 Å². The Balaban J connectivity index is 1.57. The zero-order chi connectivity index (χ0) is 22.6. The van der Waals surface area contributed by atoms with Crippen molar-refractivity contribution in [3.63, 3.8) is 0 Å². The molecule has 1 aliphatic heterocycles. The third kappa shape index (κ3) is 4.32. The van der Waals surface area contributed by atoms with Crippen LogP contribution in [0.4, 0.5) is 0 Å². The smallest absolute Gasteiger partial charge is 0.289 e. The zero-order valence-electron chi connectivity index (χ0n) is 20.2. The quantitative estimate of drug-likeness (QED) is 0.629. The number of furan rings is 1. The molecule has 168 valence electrons. The lowest BCUT2D eigenvalue weighted by molar-refractivity contribution is -0.0592. The molecule has 1 aromatic heterocycles. The predicted molar refractivity (Wildman–Crippen MR) is 124 cm³/mol. The van der Waals surface area contributed by atoms with Gasteiger partial charge in [-0.05, 0) is 78.8 Å². The van der Waals surface area contributed by atoms with Gasteiger partial charge >= 0.3 is 0 Å². The van der Waals surface area contributed by atoms with Crippen molar-refractivity contribution in [3.05, 3.63) is 58.0 Å². The minimum absolute atomic E-state index is 0.0432. The number of nitrogens with zero attached hydrogens (tertiary/aromatic N) is 1. The number of ether oxygens (including phenoxy) is 1. The summed E-state index contributed by atoms with van der Waals surface area (Å²) >= 11 is 0. The molecule has 1 aromatic carbocycles. The number of amides is 1. The topological polar surface area (TPSA) is 42.7 Å². The summed E-state index contributed by atoms with van der Waals surface area (Å²) in [5, 5.41) is 0. The highest BCUT2D eigenvalue weighted by Crippen LogP contribution is 2.46. The molecule has 2 aromatic rings. The van der Waals surface area contributed by atoms with E-state index < -0.39 is 0 Å². The van der Waals surface area contributed by atoms with Crippen molar-refractivity contribution in [2.24, 2.45) is 0 Å². The molecule has 1 fully saturated rings. The molecular formula is C27H37NO3. The molecule has 0 radical (unpaired) electrons. The van der Waals surface area contributed by atoms with Crippen LogP contribution in [0.5, 0.6) is 0 Å². The molecular weight excluding hydrogens is 386 g/mol. The SMILES string of the molecule is Cc1cc2c(cc1Cc1ccc(C(=O)N3CC(C)OC(C)C3)o1)C(C)(C)CCC2(C)C. The standard InChI is InChI=1S/C27H37NO3/c1-17-12-22-23(27(6,7)11-10-26(22,4)5)14-20(17)13-21-8-9-24(31-21)25(29)28-15-18(2)30-19(3)16-28/h8-9,12,14,18-19H,10-11,13,15-16H2,1-7H3. The molecule has 2 aliphatic rings. The highest BCUT2D eigenvalue weighted by molar-refractivity contribution is 5.91. The molecule has 0 N–H and O–H groups in total. The number of carbonyl (C=O) groups excluding carboxylic acids is 1. The van der Waals surface area contributed by atoms with E-state index in [9.17, 15) is 4.79 Å². The van der Waals surface area contributed by atoms with E-state index in [2.05, 4.69) is 46.8 Å². The monoisotopic (exact) mass is 423 g/mol. The Kier molecular flexibility index (Phi) is 5.58. The van der Waals surface area contributed by atoms with Crippen LogP contribution in [0.3, 0.4) is 0 Å². The third-order valence-electron chi connectivity index (χ3n) is 7.25. The maximum Gasteiger partial charge on any atom is 0.289 e. The fourth-order valence-corrected chi connectivity index (χ4v) is 5.23. The number of hydrogen-bond donors (Lipinski definition) is 0. The predicted octanol–water partition coefficient (Wildman–Crippen LogP) is 5.78. The fourth-order valence-electron chi connectivity index (χ4n) is 5.23. The normalized spacial score (nSPS) is 24.7. The lowest BCUT2D eigenvalue weighted by Gasteiger charge is -2.42. The Hall–Kier alpha value is -2.07. The molecule has 4 nitrogen and oxygen atoms in total. The highest BCUT2D eigenvalue weighted by atomic mass is 16.5. The van der Waals surface area contributed by atoms with Crippen molar-refractivity contribution in [2.45, 2.75) is 90.8 Å². The molecule has 4 rings (SSSR count). The van der Waals surface area contributed by atoms with Gasteiger partial charge in [-0.1, -0.05) is 39.8 Å². The van der Waals surface area contributed by atoms with Gasteiger partial charge in [-0.15, -0.1) is 0 Å². The molecule has 2 unspecified atom stereocenters. The first-order valence-electron chi connectivity index (χ1n) is 11.6. The van der Waals surface area contributed by atoms with Gasteiger partial charge in [0.2, 0.25) is 0 Å². The maximum atomic E-state index is 12.9. The number of aryl methyl sites for hydroxylation is 1. The molecule has 1 amide bonds. The molecule has 0 saturated carbocycles. The number of benzene rings is 1. The summed E-state index contributed by atoms with van der Waals surface area (Å²) in [6.45, 7) is 16.8. The first-order chi connectivity index (χ1) is 14.5. The van der Waals surface area contributed by atoms with E-state index in [-0.39, 0.29) is 28.9 Å². The van der Waals surface area contributed by atoms with Gasteiger partial charge in [-0.3, -0.25) is 4.79 Å². The van der Waals surface area contributed by atoms with Crippen LogP contribution in [-0.4, -0.2) is 36.1 Å². The van der Waals surface area contributed by atoms with Crippen LogP contribution >= 0.6 is 0 Å². The summed E-state index contributed by atoms with van der Waals surface area (Å²) in [7, 11) is 0. The Morgan fingerprint density at radius 3 is 2.19 bits per heavy atom. The minimum atomic E-state index is -0.0432. The van der Waals surface area contributed by atoms with Crippen LogP contribution in [0, 0.1) is 6.92 Å². The summed E-state index contributed by atoms with van der Waals surface area (Å²) in [6, 6.07) is 8.55. The Bertz CT molecular complexity index is 974. The van der Waals surface area contributed by atoms with Crippen LogP contribution in [0.2, 0.25) is 0 Å². The maximum absolute atomic E-state index is 12.9. The largest absolute Gasteiger partial charge is 0.456 e. The van der Waals surface area contributed by atoms with E-state index in [0.717, 1.165) is 5.76 Å². The second-order valence-corrected chi connectivity index (χ2v) is 11.0. The van der Waals surface area contributed by atoms with Crippen LogP contribution < -0.4 is 0 Å². The van der Waals surface area contributed by atoms with Crippen molar-refractivity contribution in [2.75, 3.05) is 13.1 Å². The van der Waals surface area contributed by atoms with Gasteiger partial charge in [-0.2, -0.15) is 0 Å². The average Bonchev–Trinajstić information content (AvgIpc) is 3.14. The average molecular weight is 424 g/mol. The molecule has 1 saturated heterocycles. The first-order valence-corrected chi connectivity index (χ1v) is 11.6. The van der Waals surface area contributed by atoms with E-state index >= 15 is 0 Å². The van der Waals surface area contributed by atoms with E-state index in [1.165, 1.54) is 35.1 Å². The van der Waals surface area contributed by atoms with Gasteiger partial charge in [-0.25, -0.2) is 0 Å². The van der Waals surface area contributed by atoms with Crippen molar-refractivity contribution < 1.29 is 13.9 Å². The number of rotatable bonds is 3. The van der Waals surface area contributed by atoms with Gasteiger partial charge in [0.25, 0.3) is 5.91 Å². The van der Waals surface area contributed by atoms with E-state index in [1.54, 1.807) is 0 Å². The molecule has 0 bridgehead atoms. The number of fused-ring (bicyclic) bond motifs is 1. The summed E-state index contributed by atoms with van der Waals surface area (Å²) in [6.07, 6.45) is 3.22. The lowest BCUT2D eigenvalue weighted by atomic mass is 9.62. The molecule has 4 heteroatoms. The summed E-state index contributed by atoms with van der Waals surface area (Å²) < 4.78 is 11.8. The van der Waals surface area contributed by atoms with Crippen molar-refractivity contribution in [1.29, 1.82) is 0 Å². The second-order valence-electron chi connectivity index (χ2n) is 11.0. The Morgan fingerprint density at radius 1 is 1.00 bits per heavy atom. The zero-order valence-corrected chi connectivity index (χ0v) is 20.2. The third-order valence-corrected chi connectivity index (χ3v) is 7.25. The number of carbonyl (C=O) groups is 1. The van der Waals surface area contributed by atoms with E-state index in [4.69, 9.17) is 9.15 Å². The molecule has 2 atom stereocenters. The van der Waals surface area contributed by atoms with Gasteiger partial charge in [0.05, 0.1) is 12.2 Å². The second kappa shape index (κ2) is 7.81. The summed E-state index contributed by atoms with van der Waals surface area (Å²) in [4.78, 5) is 14.8. The highest BCUT2D eigenvalue weighted by Gasteiger charge is 2.37. The lowest BCUT2D eigenvalue weighted by Crippen LogP contribution is -2.48. The Labute approximate surface area is 187 Å². The molecule has 0 spiro atoms. The van der Waals surface area contributed by atoms with Gasteiger partial charge in [0.1, 0.15) is 5.76 Å². The molecule has 1 aliphatic carbocycles. The Morgan fingerprint density at radius 2 is 1.58 bits per heavy atom. The first kappa shape index (κ1) is 22.1. The van der Waals surface area contributed by atoms with Gasteiger partial charge < -0.3 is 14.1 Å². The van der Waals surface area contributed by atoms with Crippen LogP contribution in [-0.2, 0) is 22.0 Å². The van der Waals surface area contributed by atoms with Crippen molar-refractivity contribution in [1.82, 2.24) is 4.90 Å². The molecule has 31 heavy (non-hydrogen) atoms. The van der Waals surface area contributed by atoms with Crippen LogP contribution in [0.15, 0.2) is 28.7 Å². The van der Waals surface area contributed by atoms with Crippen LogP contribution in [0.1, 0.15) is 93.0 Å². The fraction of sp³-hybridized carbons (Fsp3) is 0.593. The summed E-state index contributed by atoms with van der Waals surface area (Å²) in [5.74, 6) is 1.22. The molecule has 2 heterocycles. The number of morpholine rings is 1. The number of hydrogen-bond acceptors (Lipinski definition) is 3. The van der Waals surface area contributed by atoms with Gasteiger partial charge in [0, 0.05) is 19.5 Å². The summed E-state index contributed by atoms with van der Waals surface area (Å²) in [5.41, 5.74) is 5.92. The van der Waals surface area contributed by atoms with Crippen molar-refractivity contribution in [3.8, 4) is 0 Å². The van der Waals surface area contributed by atoms with E-state index in [1.807, 2.05) is 30.9 Å². The van der Waals surface area contributed by atoms with Crippen molar-refractivity contribution >= 4 is 5.91 Å². The van der Waals surface area contributed by atoms with Gasteiger partial charge in [0.15, 0.2) is 5.76 Å². The minimum Gasteiger partial charge on any atom is -0.456 e.